The maximum absolute atomic E-state index is 12.8. The highest BCUT2D eigenvalue weighted by Crippen LogP contribution is 2.20. The molecule has 0 aliphatic heterocycles. The van der Waals surface area contributed by atoms with E-state index in [4.69, 9.17) is 0 Å². The Morgan fingerprint density at radius 2 is 2.20 bits per heavy atom. The summed E-state index contributed by atoms with van der Waals surface area (Å²) in [4.78, 5) is 0. The number of nitrogens with one attached hydrogen (secondary N) is 1. The van der Waals surface area contributed by atoms with Gasteiger partial charge in [-0.1, -0.05) is 0 Å². The molecule has 0 unspecified atom stereocenters. The lowest BCUT2D eigenvalue weighted by Gasteiger charge is -2.06. The molecule has 0 amide bonds. The molecule has 0 fully saturated rings. The lowest BCUT2D eigenvalue weighted by molar-refractivity contribution is 0.627. The van der Waals surface area contributed by atoms with Crippen LogP contribution in [0.1, 0.15) is 5.56 Å². The topological polar surface area (TPSA) is 29.9 Å². The molecular weight excluding hydrogens is 193 g/mol. The number of benzene rings is 1. The van der Waals surface area contributed by atoms with Gasteiger partial charge in [-0.05, 0) is 30.7 Å². The lowest BCUT2D eigenvalue weighted by atomic mass is 10.2. The Balaban J connectivity index is 2.24. The number of rotatable bonds is 2. The predicted octanol–water partition coefficient (Wildman–Crippen LogP) is 2.61. The van der Waals surface area contributed by atoms with Gasteiger partial charge in [-0.25, -0.2) is 4.39 Å². The van der Waals surface area contributed by atoms with E-state index in [0.717, 1.165) is 16.9 Å². The molecular formula is C11H12FN3. The van der Waals surface area contributed by atoms with Crippen LogP contribution in [0.15, 0.2) is 30.6 Å². The van der Waals surface area contributed by atoms with Crippen molar-refractivity contribution in [1.29, 1.82) is 0 Å². The van der Waals surface area contributed by atoms with E-state index in [9.17, 15) is 4.39 Å². The van der Waals surface area contributed by atoms with Crippen molar-refractivity contribution in [2.75, 3.05) is 5.32 Å². The molecule has 0 radical (unpaired) electrons. The van der Waals surface area contributed by atoms with Crippen LogP contribution < -0.4 is 5.32 Å². The molecule has 0 bridgehead atoms. The summed E-state index contributed by atoms with van der Waals surface area (Å²) < 4.78 is 14.6. The van der Waals surface area contributed by atoms with Crippen LogP contribution in [-0.4, -0.2) is 9.78 Å². The van der Waals surface area contributed by atoms with Gasteiger partial charge < -0.3 is 5.32 Å². The zero-order valence-electron chi connectivity index (χ0n) is 8.66. The van der Waals surface area contributed by atoms with Crippen molar-refractivity contribution in [2.45, 2.75) is 6.92 Å². The van der Waals surface area contributed by atoms with Gasteiger partial charge in [-0.15, -0.1) is 0 Å². The molecule has 78 valence electrons. The van der Waals surface area contributed by atoms with E-state index >= 15 is 0 Å². The summed E-state index contributed by atoms with van der Waals surface area (Å²) in [5.74, 6) is -0.218. The van der Waals surface area contributed by atoms with Crippen LogP contribution >= 0.6 is 0 Å². The van der Waals surface area contributed by atoms with Gasteiger partial charge >= 0.3 is 0 Å². The van der Waals surface area contributed by atoms with Gasteiger partial charge in [0.25, 0.3) is 0 Å². The smallest absolute Gasteiger partial charge is 0.123 e. The summed E-state index contributed by atoms with van der Waals surface area (Å²) in [7, 11) is 1.85. The molecule has 2 rings (SSSR count). The fourth-order valence-corrected chi connectivity index (χ4v) is 1.41. The van der Waals surface area contributed by atoms with Crippen molar-refractivity contribution < 1.29 is 4.39 Å². The van der Waals surface area contributed by atoms with Crippen LogP contribution in [0.2, 0.25) is 0 Å². The maximum atomic E-state index is 12.8. The Kier molecular flexibility index (Phi) is 2.41. The molecule has 0 aliphatic rings. The Hall–Kier alpha value is -1.84. The number of aryl methyl sites for hydroxylation is 2. The number of hydrogen-bond donors (Lipinski definition) is 1. The second kappa shape index (κ2) is 3.73. The first kappa shape index (κ1) is 9.71. The van der Waals surface area contributed by atoms with E-state index in [1.54, 1.807) is 16.9 Å². The third-order valence-electron chi connectivity index (χ3n) is 2.17. The summed E-state index contributed by atoms with van der Waals surface area (Å²) >= 11 is 0. The van der Waals surface area contributed by atoms with E-state index in [1.807, 2.05) is 20.2 Å². The van der Waals surface area contributed by atoms with E-state index in [0.29, 0.717) is 0 Å². The molecule has 1 aromatic carbocycles. The number of nitrogens with zero attached hydrogens (tertiary/aromatic N) is 2. The minimum Gasteiger partial charge on any atom is -0.353 e. The minimum absolute atomic E-state index is 0.218. The van der Waals surface area contributed by atoms with Gasteiger partial charge in [0, 0.05) is 18.9 Å². The van der Waals surface area contributed by atoms with Crippen molar-refractivity contribution in [3.05, 3.63) is 42.0 Å². The van der Waals surface area contributed by atoms with Gasteiger partial charge in [-0.2, -0.15) is 5.10 Å². The molecule has 3 nitrogen and oxygen atoms in total. The van der Waals surface area contributed by atoms with Crippen LogP contribution in [0, 0.1) is 12.7 Å². The highest BCUT2D eigenvalue weighted by Gasteiger charge is 2.01. The molecule has 0 spiro atoms. The minimum atomic E-state index is -0.218. The number of anilines is 2. The molecule has 4 heteroatoms. The summed E-state index contributed by atoms with van der Waals surface area (Å²) in [6, 6.07) is 4.65. The average Bonchev–Trinajstić information content (AvgIpc) is 2.56. The first-order chi connectivity index (χ1) is 7.15. The van der Waals surface area contributed by atoms with Gasteiger partial charge in [0.1, 0.15) is 5.82 Å². The van der Waals surface area contributed by atoms with Crippen LogP contribution in [0.25, 0.3) is 0 Å². The zero-order valence-corrected chi connectivity index (χ0v) is 8.66. The fraction of sp³-hybridized carbons (Fsp3) is 0.182. The Morgan fingerprint density at radius 1 is 1.40 bits per heavy atom. The van der Waals surface area contributed by atoms with Crippen molar-refractivity contribution >= 4 is 11.4 Å². The van der Waals surface area contributed by atoms with Crippen molar-refractivity contribution in [3.8, 4) is 0 Å². The molecule has 0 saturated heterocycles. The predicted molar refractivity (Wildman–Crippen MR) is 57.6 cm³/mol. The molecule has 0 saturated carbocycles. The van der Waals surface area contributed by atoms with Gasteiger partial charge in [0.2, 0.25) is 0 Å². The standard InChI is InChI=1S/C11H12FN3/c1-8-5-9(12)3-4-11(8)14-10-6-13-15(2)7-10/h3-7,14H,1-2H3. The van der Waals surface area contributed by atoms with Crippen LogP contribution in [0.4, 0.5) is 15.8 Å². The summed E-state index contributed by atoms with van der Waals surface area (Å²) in [6.07, 6.45) is 3.59. The summed E-state index contributed by atoms with van der Waals surface area (Å²) in [6.45, 7) is 1.86. The maximum Gasteiger partial charge on any atom is 0.123 e. The van der Waals surface area contributed by atoms with Gasteiger partial charge in [-0.3, -0.25) is 4.68 Å². The average molecular weight is 205 g/mol. The molecule has 2 aromatic rings. The second-order valence-electron chi connectivity index (χ2n) is 3.49. The van der Waals surface area contributed by atoms with Crippen molar-refractivity contribution in [2.24, 2.45) is 7.05 Å². The van der Waals surface area contributed by atoms with E-state index in [-0.39, 0.29) is 5.82 Å². The summed E-state index contributed by atoms with van der Waals surface area (Å²) in [5, 5.41) is 7.21. The molecule has 1 heterocycles. The Morgan fingerprint density at radius 3 is 2.80 bits per heavy atom. The normalized spacial score (nSPS) is 10.3. The summed E-state index contributed by atoms with van der Waals surface area (Å²) in [5.41, 5.74) is 2.66. The molecule has 1 aromatic heterocycles. The van der Waals surface area contributed by atoms with E-state index in [2.05, 4.69) is 10.4 Å². The lowest BCUT2D eigenvalue weighted by Crippen LogP contribution is -1.92. The third kappa shape index (κ3) is 2.15. The number of hydrogen-bond acceptors (Lipinski definition) is 2. The zero-order chi connectivity index (χ0) is 10.8. The second-order valence-corrected chi connectivity index (χ2v) is 3.49. The third-order valence-corrected chi connectivity index (χ3v) is 2.17. The van der Waals surface area contributed by atoms with E-state index in [1.165, 1.54) is 12.1 Å². The first-order valence-electron chi connectivity index (χ1n) is 4.67. The SMILES string of the molecule is Cc1cc(F)ccc1Nc1cnn(C)c1. The van der Waals surface area contributed by atoms with Crippen LogP contribution in [0.3, 0.4) is 0 Å². The Labute approximate surface area is 87.5 Å². The highest BCUT2D eigenvalue weighted by molar-refractivity contribution is 5.61. The molecule has 15 heavy (non-hydrogen) atoms. The van der Waals surface area contributed by atoms with E-state index < -0.39 is 0 Å². The quantitative estimate of drug-likeness (QED) is 0.816. The Bertz CT molecular complexity index is 476. The monoisotopic (exact) mass is 205 g/mol. The van der Waals surface area contributed by atoms with Crippen LogP contribution in [-0.2, 0) is 7.05 Å². The van der Waals surface area contributed by atoms with Crippen LogP contribution in [0.5, 0.6) is 0 Å². The van der Waals surface area contributed by atoms with Gasteiger partial charge in [0.05, 0.1) is 11.9 Å². The first-order valence-corrected chi connectivity index (χ1v) is 4.67. The molecule has 0 aliphatic carbocycles. The fourth-order valence-electron chi connectivity index (χ4n) is 1.41. The largest absolute Gasteiger partial charge is 0.353 e. The van der Waals surface area contributed by atoms with Crippen molar-refractivity contribution in [1.82, 2.24) is 9.78 Å². The number of aromatic nitrogens is 2. The molecule has 0 atom stereocenters. The number of halogens is 1. The van der Waals surface area contributed by atoms with Crippen molar-refractivity contribution in [3.63, 3.8) is 0 Å². The highest BCUT2D eigenvalue weighted by atomic mass is 19.1. The van der Waals surface area contributed by atoms with Gasteiger partial charge in [0.15, 0.2) is 0 Å². The molecule has 1 N–H and O–H groups in total.